The number of hydrogen-bond donors (Lipinski definition) is 0. The SMILES string of the molecule is C/C=C\C=C(/C)c1cc(-c2ccccc2)nc(-c2cccc(-c3cccc(-c4ccc5c(c4)-c4ccccc4C54c5ccccc5-c5ccccc54)c3)c2)n1. The first-order valence-corrected chi connectivity index (χ1v) is 19.0. The van der Waals surface area contributed by atoms with Gasteiger partial charge < -0.3 is 0 Å². The Labute approximate surface area is 322 Å². The Hall–Kier alpha value is -6.90. The highest BCUT2D eigenvalue weighted by Gasteiger charge is 2.51. The molecule has 0 saturated heterocycles. The first-order valence-electron chi connectivity index (χ1n) is 19.0. The van der Waals surface area contributed by atoms with Crippen molar-refractivity contribution in [2.75, 3.05) is 0 Å². The summed E-state index contributed by atoms with van der Waals surface area (Å²) in [6.07, 6.45) is 6.19. The van der Waals surface area contributed by atoms with Gasteiger partial charge in [-0.2, -0.15) is 0 Å². The number of benzene rings is 7. The molecule has 0 fully saturated rings. The molecular weight excluding hydrogens is 665 g/mol. The Morgan fingerprint density at radius 1 is 0.436 bits per heavy atom. The molecular formula is C53H38N2. The molecule has 2 heteroatoms. The van der Waals surface area contributed by atoms with Crippen LogP contribution in [0.4, 0.5) is 0 Å². The number of rotatable bonds is 6. The summed E-state index contributed by atoms with van der Waals surface area (Å²) in [7, 11) is 0. The van der Waals surface area contributed by atoms with Crippen LogP contribution < -0.4 is 0 Å². The number of fused-ring (bicyclic) bond motifs is 10. The van der Waals surface area contributed by atoms with Crippen LogP contribution in [0.25, 0.3) is 72.7 Å². The average Bonchev–Trinajstić information content (AvgIpc) is 3.73. The topological polar surface area (TPSA) is 25.8 Å². The predicted octanol–water partition coefficient (Wildman–Crippen LogP) is 13.5. The Morgan fingerprint density at radius 3 is 1.55 bits per heavy atom. The number of allylic oxidation sites excluding steroid dienone is 4. The Morgan fingerprint density at radius 2 is 0.927 bits per heavy atom. The third-order valence-corrected chi connectivity index (χ3v) is 11.4. The summed E-state index contributed by atoms with van der Waals surface area (Å²) >= 11 is 0. The first-order chi connectivity index (χ1) is 27.1. The third-order valence-electron chi connectivity index (χ3n) is 11.4. The van der Waals surface area contributed by atoms with Crippen LogP contribution in [0, 0.1) is 0 Å². The van der Waals surface area contributed by atoms with Crippen LogP contribution in [0.3, 0.4) is 0 Å². The molecule has 0 radical (unpaired) electrons. The van der Waals surface area contributed by atoms with Crippen LogP contribution in [0.15, 0.2) is 194 Å². The molecule has 1 aromatic heterocycles. The molecule has 7 aromatic carbocycles. The Kier molecular flexibility index (Phi) is 7.85. The molecule has 0 bridgehead atoms. The summed E-state index contributed by atoms with van der Waals surface area (Å²) in [6, 6.07) is 64.0. The van der Waals surface area contributed by atoms with Gasteiger partial charge >= 0.3 is 0 Å². The van der Waals surface area contributed by atoms with E-state index in [-0.39, 0.29) is 5.41 Å². The minimum absolute atomic E-state index is 0.333. The fourth-order valence-corrected chi connectivity index (χ4v) is 8.86. The monoisotopic (exact) mass is 702 g/mol. The van der Waals surface area contributed by atoms with Crippen LogP contribution in [-0.4, -0.2) is 9.97 Å². The zero-order valence-electron chi connectivity index (χ0n) is 30.9. The van der Waals surface area contributed by atoms with Crippen LogP contribution in [0.2, 0.25) is 0 Å². The molecule has 2 aliphatic carbocycles. The lowest BCUT2D eigenvalue weighted by Crippen LogP contribution is -2.25. The highest BCUT2D eigenvalue weighted by Crippen LogP contribution is 2.62. The molecule has 2 nitrogen and oxygen atoms in total. The lowest BCUT2D eigenvalue weighted by molar-refractivity contribution is 0.794. The smallest absolute Gasteiger partial charge is 0.160 e. The maximum absolute atomic E-state index is 5.09. The van der Waals surface area contributed by atoms with Gasteiger partial charge in [0, 0.05) is 11.1 Å². The second kappa shape index (κ2) is 13.2. The quantitative estimate of drug-likeness (QED) is 0.161. The molecule has 260 valence electrons. The average molecular weight is 703 g/mol. The van der Waals surface area contributed by atoms with E-state index >= 15 is 0 Å². The molecule has 10 rings (SSSR count). The molecule has 0 N–H and O–H groups in total. The summed E-state index contributed by atoms with van der Waals surface area (Å²) < 4.78 is 0. The summed E-state index contributed by atoms with van der Waals surface area (Å²) in [5.41, 5.74) is 20.0. The summed E-state index contributed by atoms with van der Waals surface area (Å²) in [5.74, 6) is 0.712. The van der Waals surface area contributed by atoms with Crippen molar-refractivity contribution >= 4 is 5.57 Å². The molecule has 0 unspecified atom stereocenters. The van der Waals surface area contributed by atoms with Crippen molar-refractivity contribution in [1.82, 2.24) is 9.97 Å². The van der Waals surface area contributed by atoms with Crippen molar-refractivity contribution in [3.63, 3.8) is 0 Å². The van der Waals surface area contributed by atoms with Gasteiger partial charge in [-0.1, -0.05) is 170 Å². The van der Waals surface area contributed by atoms with E-state index in [0.29, 0.717) is 5.82 Å². The Balaban J connectivity index is 1.06. The summed E-state index contributed by atoms with van der Waals surface area (Å²) in [6.45, 7) is 4.13. The van der Waals surface area contributed by atoms with E-state index in [2.05, 4.69) is 189 Å². The molecule has 0 saturated carbocycles. The predicted molar refractivity (Wildman–Crippen MR) is 229 cm³/mol. The van der Waals surface area contributed by atoms with Crippen LogP contribution >= 0.6 is 0 Å². The lowest BCUT2D eigenvalue weighted by atomic mass is 9.70. The molecule has 1 spiro atoms. The fourth-order valence-electron chi connectivity index (χ4n) is 8.86. The van der Waals surface area contributed by atoms with Gasteiger partial charge in [-0.15, -0.1) is 0 Å². The fraction of sp³-hybridized carbons (Fsp3) is 0.0566. The molecule has 0 amide bonds. The second-order valence-corrected chi connectivity index (χ2v) is 14.5. The maximum atomic E-state index is 5.09. The van der Waals surface area contributed by atoms with E-state index < -0.39 is 0 Å². The van der Waals surface area contributed by atoms with Gasteiger partial charge in [-0.3, -0.25) is 0 Å². The van der Waals surface area contributed by atoms with Gasteiger partial charge in [-0.25, -0.2) is 9.97 Å². The van der Waals surface area contributed by atoms with Crippen LogP contribution in [0.5, 0.6) is 0 Å². The molecule has 8 aromatic rings. The highest BCUT2D eigenvalue weighted by molar-refractivity contribution is 5.96. The van der Waals surface area contributed by atoms with Gasteiger partial charge in [0.1, 0.15) is 0 Å². The van der Waals surface area contributed by atoms with Gasteiger partial charge in [0.15, 0.2) is 5.82 Å². The molecule has 1 heterocycles. The largest absolute Gasteiger partial charge is 0.228 e. The normalized spacial score (nSPS) is 13.5. The van der Waals surface area contributed by atoms with Crippen molar-refractivity contribution in [3.8, 4) is 67.2 Å². The van der Waals surface area contributed by atoms with E-state index in [4.69, 9.17) is 9.97 Å². The number of nitrogens with zero attached hydrogens (tertiary/aromatic N) is 2. The maximum Gasteiger partial charge on any atom is 0.160 e. The zero-order chi connectivity index (χ0) is 36.9. The van der Waals surface area contributed by atoms with E-state index in [1.807, 2.05) is 19.1 Å². The van der Waals surface area contributed by atoms with E-state index in [1.54, 1.807) is 0 Å². The summed E-state index contributed by atoms with van der Waals surface area (Å²) in [4.78, 5) is 10.2. The van der Waals surface area contributed by atoms with Gasteiger partial charge in [-0.05, 0) is 110 Å². The highest BCUT2D eigenvalue weighted by atomic mass is 14.9. The lowest BCUT2D eigenvalue weighted by Gasteiger charge is -2.30. The van der Waals surface area contributed by atoms with Crippen molar-refractivity contribution in [2.45, 2.75) is 19.3 Å². The van der Waals surface area contributed by atoms with Gasteiger partial charge in [0.2, 0.25) is 0 Å². The third kappa shape index (κ3) is 5.25. The van der Waals surface area contributed by atoms with E-state index in [9.17, 15) is 0 Å². The van der Waals surface area contributed by atoms with E-state index in [0.717, 1.165) is 39.2 Å². The van der Waals surface area contributed by atoms with Gasteiger partial charge in [0.05, 0.1) is 16.8 Å². The standard InChI is InChI=1S/C53H38N2/c1-3-4-16-35(2)50-34-51(36-17-6-5-7-18-36)55-52(54-50)41-22-15-21-39(32-41)37-19-14-20-38(31-37)40-29-30-49-45(33-40)44-25-10-13-28-48(44)53(49)46-26-11-8-23-42(46)43-24-9-12-27-47(43)53/h3-34H,1-2H3/b4-3-,35-16+. The molecule has 2 aliphatic rings. The number of hydrogen-bond acceptors (Lipinski definition) is 2. The minimum atomic E-state index is -0.333. The van der Waals surface area contributed by atoms with E-state index in [1.165, 1.54) is 55.6 Å². The minimum Gasteiger partial charge on any atom is -0.228 e. The Bertz CT molecular complexity index is 2790. The second-order valence-electron chi connectivity index (χ2n) is 14.5. The van der Waals surface area contributed by atoms with Crippen molar-refractivity contribution in [3.05, 3.63) is 222 Å². The van der Waals surface area contributed by atoms with Crippen LogP contribution in [-0.2, 0) is 5.41 Å². The van der Waals surface area contributed by atoms with Gasteiger partial charge in [0.25, 0.3) is 0 Å². The zero-order valence-corrected chi connectivity index (χ0v) is 30.9. The molecule has 55 heavy (non-hydrogen) atoms. The number of aromatic nitrogens is 2. The first kappa shape index (κ1) is 32.7. The molecule has 0 atom stereocenters. The van der Waals surface area contributed by atoms with Crippen LogP contribution in [0.1, 0.15) is 41.8 Å². The summed E-state index contributed by atoms with van der Waals surface area (Å²) in [5, 5.41) is 0. The van der Waals surface area contributed by atoms with Crippen molar-refractivity contribution in [1.29, 1.82) is 0 Å². The van der Waals surface area contributed by atoms with Crippen molar-refractivity contribution in [2.24, 2.45) is 0 Å². The molecule has 0 aliphatic heterocycles. The van der Waals surface area contributed by atoms with Crippen molar-refractivity contribution < 1.29 is 0 Å².